The van der Waals surface area contributed by atoms with Crippen LogP contribution in [0.5, 0.6) is 0 Å². The molecule has 45 heavy (non-hydrogen) atoms. The van der Waals surface area contributed by atoms with Crippen molar-refractivity contribution >= 4 is 35.5 Å². The van der Waals surface area contributed by atoms with E-state index in [1.54, 1.807) is 0 Å². The van der Waals surface area contributed by atoms with Gasteiger partial charge in [0.15, 0.2) is 8.07 Å². The molecule has 5 aliphatic rings. The number of anilines is 2. The Hall–Kier alpha value is -4.67. The van der Waals surface area contributed by atoms with Crippen molar-refractivity contribution in [2.24, 2.45) is 5.92 Å². The molecule has 1 spiro atoms. The number of pyridine rings is 1. The van der Waals surface area contributed by atoms with Crippen LogP contribution in [0.15, 0.2) is 157 Å². The van der Waals surface area contributed by atoms with Gasteiger partial charge in [-0.2, -0.15) is 0 Å². The number of para-hydroxylation sites is 1. The summed E-state index contributed by atoms with van der Waals surface area (Å²) in [6.07, 6.45) is 21.5. The molecule has 4 unspecified atom stereocenters. The van der Waals surface area contributed by atoms with Crippen LogP contribution in [-0.2, 0) is 0 Å². The van der Waals surface area contributed by atoms with Crippen LogP contribution in [-0.4, -0.2) is 25.1 Å². The third-order valence-electron chi connectivity index (χ3n) is 10.9. The molecule has 3 aromatic carbocycles. The summed E-state index contributed by atoms with van der Waals surface area (Å²) < 4.78 is 0. The van der Waals surface area contributed by atoms with Gasteiger partial charge >= 0.3 is 0 Å². The second-order valence-electron chi connectivity index (χ2n) is 13.3. The predicted molar refractivity (Wildman–Crippen MR) is 189 cm³/mol. The molecule has 0 saturated carbocycles. The van der Waals surface area contributed by atoms with Crippen LogP contribution in [0.3, 0.4) is 0 Å². The van der Waals surface area contributed by atoms with Gasteiger partial charge in [-0.05, 0) is 70.5 Å². The van der Waals surface area contributed by atoms with E-state index in [1.807, 2.05) is 0 Å². The highest BCUT2D eigenvalue weighted by Crippen LogP contribution is 2.59. The summed E-state index contributed by atoms with van der Waals surface area (Å²) in [6, 6.07) is 35.7. The summed E-state index contributed by atoms with van der Waals surface area (Å²) in [5.41, 5.74) is 8.23. The molecule has 3 nitrogen and oxygen atoms in total. The van der Waals surface area contributed by atoms with E-state index in [0.717, 1.165) is 19.4 Å². The molecular formula is C41H37N3Si. The van der Waals surface area contributed by atoms with Gasteiger partial charge in [0, 0.05) is 29.2 Å². The highest BCUT2D eigenvalue weighted by atomic mass is 28.3. The minimum Gasteiger partial charge on any atom is -0.386 e. The number of nitrogens with zero attached hydrogens (tertiary/aromatic N) is 2. The lowest BCUT2D eigenvalue weighted by Gasteiger charge is -2.40. The van der Waals surface area contributed by atoms with Gasteiger partial charge in [-0.25, -0.2) is 0 Å². The van der Waals surface area contributed by atoms with E-state index in [1.165, 1.54) is 49.5 Å². The number of hydrogen-bond acceptors (Lipinski definition) is 3. The fraction of sp³-hybridized carbons (Fsp3) is 0.195. The Bertz CT molecular complexity index is 1940. The fourth-order valence-corrected chi connectivity index (χ4v) is 14.2. The van der Waals surface area contributed by atoms with E-state index in [0.29, 0.717) is 17.4 Å². The molecule has 4 heteroatoms. The van der Waals surface area contributed by atoms with E-state index in [9.17, 15) is 0 Å². The van der Waals surface area contributed by atoms with E-state index in [2.05, 4.69) is 163 Å². The van der Waals surface area contributed by atoms with Gasteiger partial charge in [-0.3, -0.25) is 4.98 Å². The number of piperidine rings is 1. The van der Waals surface area contributed by atoms with Crippen LogP contribution in [0, 0.1) is 5.92 Å². The molecule has 4 aromatic rings. The van der Waals surface area contributed by atoms with Gasteiger partial charge in [0.25, 0.3) is 0 Å². The maximum Gasteiger partial charge on any atom is 0.178 e. The zero-order chi connectivity index (χ0) is 30.0. The molecule has 1 N–H and O–H groups in total. The first kappa shape index (κ1) is 26.7. The number of allylic oxidation sites excluding steroid dienone is 9. The van der Waals surface area contributed by atoms with Gasteiger partial charge in [0.2, 0.25) is 0 Å². The number of benzene rings is 3. The van der Waals surface area contributed by atoms with Crippen molar-refractivity contribution in [3.63, 3.8) is 0 Å². The Morgan fingerprint density at radius 2 is 1.64 bits per heavy atom. The second kappa shape index (κ2) is 10.2. The zero-order valence-corrected chi connectivity index (χ0v) is 26.6. The summed E-state index contributed by atoms with van der Waals surface area (Å²) in [6.45, 7) is 3.25. The number of nitrogens with one attached hydrogen (secondary N) is 1. The Balaban J connectivity index is 1.24. The zero-order valence-electron chi connectivity index (χ0n) is 25.6. The quantitative estimate of drug-likeness (QED) is 0.232. The largest absolute Gasteiger partial charge is 0.386 e. The van der Waals surface area contributed by atoms with Crippen molar-refractivity contribution in [1.29, 1.82) is 0 Å². The maximum absolute atomic E-state index is 5.55. The molecule has 2 bridgehead atoms. The van der Waals surface area contributed by atoms with Crippen LogP contribution in [0.4, 0.5) is 11.4 Å². The smallest absolute Gasteiger partial charge is 0.178 e. The first-order chi connectivity index (χ1) is 22.2. The standard InChI is InChI=1S/C41H37N3Si/c1-29-17-20-36(23-29)45(34-15-9-4-10-16-34,35-21-18-31(19-22-35)30-11-5-2-6-12-30)40-25-37-38-24-32-26-41(38,28-43-32)44(39(37)27-42-40)33-13-7-3-8-14-33/h2-21,23,25-27,29,35,38,43H,22,24,28H2,1H3/t29?,35?,38-,41?,45?/m0/s1. The average molecular weight is 600 g/mol. The third kappa shape index (κ3) is 3.91. The Labute approximate surface area is 267 Å². The lowest BCUT2D eigenvalue weighted by molar-refractivity contribution is 0.431. The van der Waals surface area contributed by atoms with Gasteiger partial charge in [-0.1, -0.05) is 127 Å². The van der Waals surface area contributed by atoms with Gasteiger partial charge in [0.05, 0.1) is 17.4 Å². The van der Waals surface area contributed by atoms with Gasteiger partial charge < -0.3 is 10.2 Å². The van der Waals surface area contributed by atoms with Crippen LogP contribution in [0.1, 0.15) is 36.8 Å². The first-order valence-corrected chi connectivity index (χ1v) is 18.5. The van der Waals surface area contributed by atoms with Crippen LogP contribution in [0.2, 0.25) is 5.54 Å². The van der Waals surface area contributed by atoms with Gasteiger partial charge in [-0.15, -0.1) is 0 Å². The number of hydrogen-bond donors (Lipinski definition) is 1. The third-order valence-corrected chi connectivity index (χ3v) is 16.0. The Morgan fingerprint density at radius 1 is 0.889 bits per heavy atom. The summed E-state index contributed by atoms with van der Waals surface area (Å²) >= 11 is 0. The molecule has 3 aliphatic carbocycles. The molecule has 0 saturated heterocycles. The Kier molecular flexibility index (Phi) is 6.04. The van der Waals surface area contributed by atoms with Crippen molar-refractivity contribution in [2.45, 2.75) is 36.8 Å². The SMILES string of the molecule is CC1C=CC([Si](c2ccccc2)(c2cc3c(cn2)N(c2ccccc2)C24C=C(C[C@@H]32)NC4)C2C=CC(c3ccccc3)=CC2)=C1. The second-order valence-corrected chi connectivity index (χ2v) is 17.3. The lowest BCUT2D eigenvalue weighted by Crippen LogP contribution is -2.64. The lowest BCUT2D eigenvalue weighted by atomic mass is 9.84. The fourth-order valence-electron chi connectivity index (χ4n) is 8.90. The number of aromatic nitrogens is 1. The summed E-state index contributed by atoms with van der Waals surface area (Å²) in [4.78, 5) is 8.13. The highest BCUT2D eigenvalue weighted by Gasteiger charge is 2.58. The monoisotopic (exact) mass is 599 g/mol. The van der Waals surface area contributed by atoms with E-state index >= 15 is 0 Å². The molecule has 9 rings (SSSR count). The normalized spacial score (nSPS) is 26.9. The summed E-state index contributed by atoms with van der Waals surface area (Å²) in [7, 11) is -2.62. The molecule has 0 radical (unpaired) electrons. The van der Waals surface area contributed by atoms with Crippen molar-refractivity contribution in [3.8, 4) is 0 Å². The minimum absolute atomic E-state index is 0.0740. The first-order valence-electron chi connectivity index (χ1n) is 16.4. The molecule has 3 heterocycles. The molecule has 0 amide bonds. The van der Waals surface area contributed by atoms with Crippen LogP contribution >= 0.6 is 0 Å². The topological polar surface area (TPSA) is 28.2 Å². The van der Waals surface area contributed by atoms with E-state index < -0.39 is 8.07 Å². The van der Waals surface area contributed by atoms with E-state index in [4.69, 9.17) is 4.98 Å². The number of fused-ring (bicyclic) bond motifs is 2. The molecular weight excluding hydrogens is 563 g/mol. The summed E-state index contributed by atoms with van der Waals surface area (Å²) in [5.74, 6) is 0.846. The highest BCUT2D eigenvalue weighted by molar-refractivity contribution is 7.08. The molecule has 2 aliphatic heterocycles. The van der Waals surface area contributed by atoms with Crippen molar-refractivity contribution in [1.82, 2.24) is 10.3 Å². The van der Waals surface area contributed by atoms with E-state index in [-0.39, 0.29) is 5.54 Å². The van der Waals surface area contributed by atoms with Crippen molar-refractivity contribution in [3.05, 3.63) is 168 Å². The maximum atomic E-state index is 5.55. The molecule has 1 aromatic heterocycles. The number of rotatable bonds is 6. The minimum atomic E-state index is -2.62. The van der Waals surface area contributed by atoms with Crippen LogP contribution < -0.4 is 20.7 Å². The van der Waals surface area contributed by atoms with Crippen molar-refractivity contribution < 1.29 is 0 Å². The predicted octanol–water partition coefficient (Wildman–Crippen LogP) is 7.59. The molecule has 220 valence electrons. The average Bonchev–Trinajstić information content (AvgIpc) is 3.87. The Morgan fingerprint density at radius 3 is 2.33 bits per heavy atom. The summed E-state index contributed by atoms with van der Waals surface area (Å²) in [5, 5.41) is 7.93. The molecule has 5 atom stereocenters. The van der Waals surface area contributed by atoms with Crippen LogP contribution in [0.25, 0.3) is 5.57 Å². The molecule has 0 fully saturated rings. The van der Waals surface area contributed by atoms with Gasteiger partial charge in [0.1, 0.15) is 0 Å². The van der Waals surface area contributed by atoms with Crippen molar-refractivity contribution in [2.75, 3.05) is 11.4 Å².